The lowest BCUT2D eigenvalue weighted by Crippen LogP contribution is -2.38. The van der Waals surface area contributed by atoms with Gasteiger partial charge in [0.2, 0.25) is 0 Å². The summed E-state index contributed by atoms with van der Waals surface area (Å²) in [7, 11) is 1.13. The first-order chi connectivity index (χ1) is 18.4. The van der Waals surface area contributed by atoms with E-state index in [4.69, 9.17) is 23.7 Å². The van der Waals surface area contributed by atoms with Gasteiger partial charge < -0.3 is 28.4 Å². The Hall–Kier alpha value is -4.86. The Morgan fingerprint density at radius 3 is 1.71 bits per heavy atom. The Kier molecular flexibility index (Phi) is 10.7. The Bertz CT molecular complexity index is 1190. The first-order valence-electron chi connectivity index (χ1n) is 11.5. The molecule has 3 aromatic rings. The first-order valence-corrected chi connectivity index (χ1v) is 11.5. The summed E-state index contributed by atoms with van der Waals surface area (Å²) in [6.07, 6.45) is -1.63. The molecule has 198 valence electrons. The van der Waals surface area contributed by atoms with E-state index in [9.17, 15) is 19.2 Å². The molecule has 10 nitrogen and oxygen atoms in total. The number of benzene rings is 3. The highest BCUT2D eigenvalue weighted by molar-refractivity contribution is 5.98. The van der Waals surface area contributed by atoms with Gasteiger partial charge in [0, 0.05) is 0 Å². The minimum Gasteiger partial charge on any atom is -0.482 e. The molecule has 0 bridgehead atoms. The van der Waals surface area contributed by atoms with Crippen molar-refractivity contribution in [2.75, 3.05) is 20.3 Å². The van der Waals surface area contributed by atoms with Crippen LogP contribution in [0.1, 0.15) is 11.1 Å². The van der Waals surface area contributed by atoms with Crippen LogP contribution < -0.4 is 9.47 Å². The average Bonchev–Trinajstić information content (AvgIpc) is 2.96. The Morgan fingerprint density at radius 1 is 0.605 bits per heavy atom. The fraction of sp³-hybridized carbons (Fsp3) is 0.214. The van der Waals surface area contributed by atoms with Gasteiger partial charge in [-0.25, -0.2) is 19.2 Å². The van der Waals surface area contributed by atoms with Crippen LogP contribution in [0.15, 0.2) is 84.9 Å². The predicted molar refractivity (Wildman–Crippen MR) is 132 cm³/mol. The van der Waals surface area contributed by atoms with E-state index in [0.717, 1.165) is 18.2 Å². The third-order valence-corrected chi connectivity index (χ3v) is 4.88. The maximum Gasteiger partial charge on any atom is 0.359 e. The van der Waals surface area contributed by atoms with Crippen molar-refractivity contribution in [1.82, 2.24) is 0 Å². The van der Waals surface area contributed by atoms with Crippen molar-refractivity contribution >= 4 is 23.9 Å². The van der Waals surface area contributed by atoms with Crippen LogP contribution in [0.25, 0.3) is 0 Å². The van der Waals surface area contributed by atoms with E-state index in [2.05, 4.69) is 4.74 Å². The second kappa shape index (κ2) is 14.6. The lowest BCUT2D eigenvalue weighted by atomic mass is 10.2. The molecular weight excluding hydrogens is 496 g/mol. The minimum absolute atomic E-state index is 0.0375. The zero-order chi connectivity index (χ0) is 27.2. The predicted octanol–water partition coefficient (Wildman–Crippen LogP) is 3.02. The van der Waals surface area contributed by atoms with Crippen molar-refractivity contribution in [3.8, 4) is 11.5 Å². The third kappa shape index (κ3) is 9.30. The van der Waals surface area contributed by atoms with Crippen molar-refractivity contribution in [1.29, 1.82) is 0 Å². The molecule has 3 rings (SSSR count). The monoisotopic (exact) mass is 522 g/mol. The number of rotatable bonds is 13. The molecule has 0 saturated carbocycles. The van der Waals surface area contributed by atoms with Gasteiger partial charge in [-0.1, -0.05) is 60.7 Å². The molecule has 0 amide bonds. The zero-order valence-electron chi connectivity index (χ0n) is 20.6. The van der Waals surface area contributed by atoms with E-state index >= 15 is 0 Å². The number of carbonyl (C=O) groups is 4. The van der Waals surface area contributed by atoms with Crippen LogP contribution in [0.5, 0.6) is 11.5 Å². The van der Waals surface area contributed by atoms with Gasteiger partial charge in [-0.3, -0.25) is 0 Å². The van der Waals surface area contributed by atoms with Crippen LogP contribution in [-0.2, 0) is 51.3 Å². The molecular formula is C28H26O10. The van der Waals surface area contributed by atoms with Gasteiger partial charge in [0.15, 0.2) is 13.2 Å². The highest BCUT2D eigenvalue weighted by atomic mass is 16.6. The number of esters is 4. The summed E-state index contributed by atoms with van der Waals surface area (Å²) in [5.74, 6) is -2.85. The summed E-state index contributed by atoms with van der Waals surface area (Å²) in [6.45, 7) is -0.965. The number of methoxy groups -OCH3 is 1. The van der Waals surface area contributed by atoms with Gasteiger partial charge in [0.05, 0.1) is 7.11 Å². The zero-order valence-corrected chi connectivity index (χ0v) is 20.6. The molecule has 1 unspecified atom stereocenters. The highest BCUT2D eigenvalue weighted by Gasteiger charge is 2.31. The van der Waals surface area contributed by atoms with Crippen LogP contribution in [-0.4, -0.2) is 50.3 Å². The maximum absolute atomic E-state index is 12.4. The fourth-order valence-electron chi connectivity index (χ4n) is 2.96. The second-order valence-electron chi connectivity index (χ2n) is 7.68. The topological polar surface area (TPSA) is 124 Å². The molecule has 0 fully saturated rings. The second-order valence-corrected chi connectivity index (χ2v) is 7.68. The van der Waals surface area contributed by atoms with E-state index in [1.807, 2.05) is 24.3 Å². The van der Waals surface area contributed by atoms with Crippen LogP contribution in [0.2, 0.25) is 0 Å². The Labute approximate surface area is 219 Å². The highest BCUT2D eigenvalue weighted by Crippen LogP contribution is 2.20. The van der Waals surface area contributed by atoms with Gasteiger partial charge in [0.25, 0.3) is 6.10 Å². The van der Waals surface area contributed by atoms with E-state index in [1.54, 1.807) is 36.4 Å². The minimum atomic E-state index is -1.63. The van der Waals surface area contributed by atoms with Crippen molar-refractivity contribution in [3.63, 3.8) is 0 Å². The van der Waals surface area contributed by atoms with Crippen LogP contribution >= 0.6 is 0 Å². The van der Waals surface area contributed by atoms with Crippen molar-refractivity contribution in [2.45, 2.75) is 19.3 Å². The average molecular weight is 523 g/mol. The van der Waals surface area contributed by atoms with Gasteiger partial charge in [-0.2, -0.15) is 0 Å². The van der Waals surface area contributed by atoms with Crippen molar-refractivity contribution in [3.05, 3.63) is 96.1 Å². The molecule has 10 heteroatoms. The lowest BCUT2D eigenvalue weighted by molar-refractivity contribution is -0.166. The molecule has 0 aliphatic carbocycles. The number of ether oxygens (including phenoxy) is 6. The van der Waals surface area contributed by atoms with Gasteiger partial charge in [-0.05, 0) is 35.4 Å². The van der Waals surface area contributed by atoms with Crippen LogP contribution in [0, 0.1) is 0 Å². The summed E-state index contributed by atoms with van der Waals surface area (Å²) < 4.78 is 30.5. The van der Waals surface area contributed by atoms with E-state index in [1.165, 1.54) is 24.3 Å². The summed E-state index contributed by atoms with van der Waals surface area (Å²) in [6, 6.07) is 23.8. The van der Waals surface area contributed by atoms with E-state index in [-0.39, 0.29) is 24.7 Å². The third-order valence-electron chi connectivity index (χ3n) is 4.88. The van der Waals surface area contributed by atoms with Crippen molar-refractivity contribution < 1.29 is 47.6 Å². The standard InChI is InChI=1S/C28H26O10/c1-33-27(31)26(28(32)37-17-21-10-6-3-7-11-21)38-23-14-12-22(13-15-23)34-18-24(29)36-19-25(30)35-16-20-8-4-2-5-9-20/h2-15,26H,16-19H2,1H3. The summed E-state index contributed by atoms with van der Waals surface area (Å²) in [4.78, 5) is 48.1. The molecule has 0 saturated heterocycles. The molecule has 0 radical (unpaired) electrons. The Balaban J connectivity index is 1.42. The van der Waals surface area contributed by atoms with Crippen LogP contribution in [0.3, 0.4) is 0 Å². The largest absolute Gasteiger partial charge is 0.482 e. The Morgan fingerprint density at radius 2 is 1.13 bits per heavy atom. The summed E-state index contributed by atoms with van der Waals surface area (Å²) in [5.41, 5.74) is 1.55. The molecule has 0 aromatic heterocycles. The molecule has 38 heavy (non-hydrogen) atoms. The number of carbonyl (C=O) groups excluding carboxylic acids is 4. The fourth-order valence-corrected chi connectivity index (χ4v) is 2.96. The maximum atomic E-state index is 12.4. The lowest BCUT2D eigenvalue weighted by Gasteiger charge is -2.16. The molecule has 1 atom stereocenters. The number of hydrogen-bond acceptors (Lipinski definition) is 10. The molecule has 0 spiro atoms. The number of hydrogen-bond donors (Lipinski definition) is 0. The molecule has 0 N–H and O–H groups in total. The van der Waals surface area contributed by atoms with Gasteiger partial charge >= 0.3 is 23.9 Å². The molecule has 0 aliphatic rings. The van der Waals surface area contributed by atoms with Crippen molar-refractivity contribution in [2.24, 2.45) is 0 Å². The molecule has 3 aromatic carbocycles. The normalized spacial score (nSPS) is 11.0. The van der Waals surface area contributed by atoms with Gasteiger partial charge in [-0.15, -0.1) is 0 Å². The molecule has 0 aliphatic heterocycles. The smallest absolute Gasteiger partial charge is 0.359 e. The van der Waals surface area contributed by atoms with E-state index in [0.29, 0.717) is 0 Å². The quantitative estimate of drug-likeness (QED) is 0.188. The SMILES string of the molecule is COC(=O)C(Oc1ccc(OCC(=O)OCC(=O)OCc2ccccc2)cc1)C(=O)OCc1ccccc1. The summed E-state index contributed by atoms with van der Waals surface area (Å²) in [5, 5.41) is 0. The molecule has 0 heterocycles. The van der Waals surface area contributed by atoms with Gasteiger partial charge in [0.1, 0.15) is 24.7 Å². The van der Waals surface area contributed by atoms with E-state index < -0.39 is 43.2 Å². The van der Waals surface area contributed by atoms with Crippen LogP contribution in [0.4, 0.5) is 0 Å². The summed E-state index contributed by atoms with van der Waals surface area (Å²) >= 11 is 0. The first kappa shape index (κ1) is 27.7.